The third kappa shape index (κ3) is 4.78. The number of methoxy groups -OCH3 is 1. The van der Waals surface area contributed by atoms with Gasteiger partial charge in [0.1, 0.15) is 0 Å². The van der Waals surface area contributed by atoms with E-state index in [1.54, 1.807) is 12.1 Å². The first-order valence-electron chi connectivity index (χ1n) is 10.7. The van der Waals surface area contributed by atoms with Crippen LogP contribution in [0, 0.1) is 5.92 Å². The van der Waals surface area contributed by atoms with Crippen molar-refractivity contribution in [3.8, 4) is 0 Å². The van der Waals surface area contributed by atoms with Gasteiger partial charge in [-0.3, -0.25) is 4.79 Å². The second-order valence-electron chi connectivity index (χ2n) is 8.23. The van der Waals surface area contributed by atoms with Crippen molar-refractivity contribution in [2.75, 3.05) is 7.11 Å². The van der Waals surface area contributed by atoms with Gasteiger partial charge in [0.05, 0.1) is 12.7 Å². The van der Waals surface area contributed by atoms with E-state index in [1.807, 2.05) is 12.1 Å². The number of fused-ring (bicyclic) bond motifs is 1. The van der Waals surface area contributed by atoms with E-state index in [0.717, 1.165) is 18.4 Å². The number of amides is 1. The van der Waals surface area contributed by atoms with Crippen LogP contribution in [-0.4, -0.2) is 25.0 Å². The van der Waals surface area contributed by atoms with Gasteiger partial charge in [-0.05, 0) is 53.8 Å². The SMILES string of the molecule is COC(=O)c1ccc(CNC(=O)C2CC(NC(C)c3cccc4ccccc34)C2)cc1. The zero-order valence-corrected chi connectivity index (χ0v) is 17.9. The number of nitrogens with one attached hydrogen (secondary N) is 2. The van der Waals surface area contributed by atoms with Gasteiger partial charge in [-0.1, -0.05) is 54.6 Å². The largest absolute Gasteiger partial charge is 0.465 e. The van der Waals surface area contributed by atoms with Gasteiger partial charge in [0.25, 0.3) is 0 Å². The molecule has 31 heavy (non-hydrogen) atoms. The van der Waals surface area contributed by atoms with E-state index in [0.29, 0.717) is 18.2 Å². The Bertz CT molecular complexity index is 1070. The Morgan fingerprint density at radius 1 is 1.00 bits per heavy atom. The number of ether oxygens (including phenoxy) is 1. The van der Waals surface area contributed by atoms with Gasteiger partial charge in [-0.15, -0.1) is 0 Å². The number of hydrogen-bond acceptors (Lipinski definition) is 4. The number of esters is 1. The van der Waals surface area contributed by atoms with Crippen molar-refractivity contribution < 1.29 is 14.3 Å². The highest BCUT2D eigenvalue weighted by Crippen LogP contribution is 2.31. The predicted octanol–water partition coefficient (Wildman–Crippen LogP) is 4.37. The normalized spacial score (nSPS) is 18.8. The summed E-state index contributed by atoms with van der Waals surface area (Å²) in [5.41, 5.74) is 2.76. The van der Waals surface area contributed by atoms with Crippen molar-refractivity contribution in [3.05, 3.63) is 83.4 Å². The molecule has 3 aromatic rings. The Labute approximate surface area is 182 Å². The molecule has 3 aromatic carbocycles. The van der Waals surface area contributed by atoms with E-state index in [1.165, 1.54) is 23.4 Å². The Morgan fingerprint density at radius 3 is 2.45 bits per heavy atom. The van der Waals surface area contributed by atoms with Crippen molar-refractivity contribution in [2.24, 2.45) is 5.92 Å². The molecule has 2 N–H and O–H groups in total. The first kappa shape index (κ1) is 21.1. The molecule has 1 atom stereocenters. The smallest absolute Gasteiger partial charge is 0.337 e. The molecule has 0 bridgehead atoms. The quantitative estimate of drug-likeness (QED) is 0.561. The standard InChI is InChI=1S/C26H28N2O3/c1-17(23-9-5-7-19-6-3-4-8-24(19)23)28-22-14-21(15-22)25(29)27-16-18-10-12-20(13-11-18)26(30)31-2/h3-13,17,21-22,28H,14-16H2,1-2H3,(H,27,29). The lowest BCUT2D eigenvalue weighted by atomic mass is 9.79. The summed E-state index contributed by atoms with van der Waals surface area (Å²) in [5, 5.41) is 9.22. The van der Waals surface area contributed by atoms with Crippen LogP contribution < -0.4 is 10.6 Å². The zero-order valence-electron chi connectivity index (χ0n) is 17.9. The molecule has 0 heterocycles. The van der Waals surface area contributed by atoms with Crippen molar-refractivity contribution in [2.45, 2.75) is 38.4 Å². The van der Waals surface area contributed by atoms with Crippen LogP contribution in [0.3, 0.4) is 0 Å². The lowest BCUT2D eigenvalue weighted by molar-refractivity contribution is -0.128. The number of carbonyl (C=O) groups is 2. The van der Waals surface area contributed by atoms with Crippen LogP contribution in [0.5, 0.6) is 0 Å². The molecule has 1 fully saturated rings. The van der Waals surface area contributed by atoms with E-state index in [2.05, 4.69) is 60.0 Å². The molecule has 0 radical (unpaired) electrons. The van der Waals surface area contributed by atoms with Gasteiger partial charge in [0.2, 0.25) is 5.91 Å². The summed E-state index contributed by atoms with van der Waals surface area (Å²) < 4.78 is 4.70. The topological polar surface area (TPSA) is 67.4 Å². The summed E-state index contributed by atoms with van der Waals surface area (Å²) in [6.07, 6.45) is 1.70. The maximum Gasteiger partial charge on any atom is 0.337 e. The predicted molar refractivity (Wildman–Crippen MR) is 122 cm³/mol. The molecule has 1 unspecified atom stereocenters. The summed E-state index contributed by atoms with van der Waals surface area (Å²) in [4.78, 5) is 24.0. The van der Waals surface area contributed by atoms with Gasteiger partial charge >= 0.3 is 5.97 Å². The zero-order chi connectivity index (χ0) is 21.8. The Morgan fingerprint density at radius 2 is 1.71 bits per heavy atom. The Hall–Kier alpha value is -3.18. The minimum Gasteiger partial charge on any atom is -0.465 e. The third-order valence-corrected chi connectivity index (χ3v) is 6.13. The average molecular weight is 417 g/mol. The highest BCUT2D eigenvalue weighted by Gasteiger charge is 2.35. The molecule has 1 aliphatic rings. The molecule has 1 aliphatic carbocycles. The molecule has 5 nitrogen and oxygen atoms in total. The lowest BCUT2D eigenvalue weighted by Gasteiger charge is -2.37. The van der Waals surface area contributed by atoms with E-state index in [-0.39, 0.29) is 23.8 Å². The molecular formula is C26H28N2O3. The maximum atomic E-state index is 12.5. The van der Waals surface area contributed by atoms with Crippen molar-refractivity contribution in [1.29, 1.82) is 0 Å². The molecule has 0 aliphatic heterocycles. The van der Waals surface area contributed by atoms with Crippen LogP contribution in [0.15, 0.2) is 66.7 Å². The first-order valence-corrected chi connectivity index (χ1v) is 10.7. The fourth-order valence-corrected chi connectivity index (χ4v) is 4.25. The molecule has 0 saturated heterocycles. The highest BCUT2D eigenvalue weighted by molar-refractivity contribution is 5.89. The Balaban J connectivity index is 1.25. The van der Waals surface area contributed by atoms with Crippen LogP contribution in [-0.2, 0) is 16.1 Å². The van der Waals surface area contributed by atoms with Crippen molar-refractivity contribution >= 4 is 22.6 Å². The molecular weight excluding hydrogens is 388 g/mol. The number of hydrogen-bond donors (Lipinski definition) is 2. The van der Waals surface area contributed by atoms with Crippen LogP contribution in [0.25, 0.3) is 10.8 Å². The summed E-state index contributed by atoms with van der Waals surface area (Å²) in [7, 11) is 1.36. The van der Waals surface area contributed by atoms with Gasteiger partial charge in [-0.2, -0.15) is 0 Å². The molecule has 0 aromatic heterocycles. The number of rotatable bonds is 7. The molecule has 0 spiro atoms. The van der Waals surface area contributed by atoms with Crippen LogP contribution >= 0.6 is 0 Å². The van der Waals surface area contributed by atoms with E-state index < -0.39 is 0 Å². The van der Waals surface area contributed by atoms with Gasteiger partial charge < -0.3 is 15.4 Å². The van der Waals surface area contributed by atoms with Crippen LogP contribution in [0.4, 0.5) is 0 Å². The van der Waals surface area contributed by atoms with E-state index >= 15 is 0 Å². The number of carbonyl (C=O) groups excluding carboxylic acids is 2. The van der Waals surface area contributed by atoms with Gasteiger partial charge in [0.15, 0.2) is 0 Å². The minimum absolute atomic E-state index is 0.0477. The molecule has 160 valence electrons. The molecule has 1 saturated carbocycles. The maximum absolute atomic E-state index is 12.5. The minimum atomic E-state index is -0.360. The van der Waals surface area contributed by atoms with Crippen LogP contribution in [0.2, 0.25) is 0 Å². The monoisotopic (exact) mass is 416 g/mol. The molecule has 5 heteroatoms. The van der Waals surface area contributed by atoms with Gasteiger partial charge in [0, 0.05) is 24.5 Å². The van der Waals surface area contributed by atoms with Gasteiger partial charge in [-0.25, -0.2) is 4.79 Å². The Kier molecular flexibility index (Phi) is 6.33. The van der Waals surface area contributed by atoms with Crippen molar-refractivity contribution in [1.82, 2.24) is 10.6 Å². The van der Waals surface area contributed by atoms with E-state index in [4.69, 9.17) is 4.74 Å². The highest BCUT2D eigenvalue weighted by atomic mass is 16.5. The summed E-state index contributed by atoms with van der Waals surface area (Å²) >= 11 is 0. The second-order valence-corrected chi connectivity index (χ2v) is 8.23. The lowest BCUT2D eigenvalue weighted by Crippen LogP contribution is -2.48. The second kappa shape index (κ2) is 9.31. The molecule has 1 amide bonds. The van der Waals surface area contributed by atoms with Crippen LogP contribution in [0.1, 0.15) is 47.3 Å². The average Bonchev–Trinajstić information content (AvgIpc) is 2.78. The summed E-state index contributed by atoms with van der Waals surface area (Å²) in [6.45, 7) is 2.65. The summed E-state index contributed by atoms with van der Waals surface area (Å²) in [6, 6.07) is 22.5. The first-order chi connectivity index (χ1) is 15.0. The third-order valence-electron chi connectivity index (χ3n) is 6.13. The van der Waals surface area contributed by atoms with Crippen molar-refractivity contribution in [3.63, 3.8) is 0 Å². The summed E-state index contributed by atoms with van der Waals surface area (Å²) in [5.74, 6) is -0.221. The fraction of sp³-hybridized carbons (Fsp3) is 0.308. The number of benzene rings is 3. The van der Waals surface area contributed by atoms with E-state index in [9.17, 15) is 9.59 Å². The fourth-order valence-electron chi connectivity index (χ4n) is 4.25. The molecule has 4 rings (SSSR count).